The highest BCUT2D eigenvalue weighted by molar-refractivity contribution is 6.03. The fraction of sp³-hybridized carbons (Fsp3) is 0.217. The van der Waals surface area contributed by atoms with Crippen molar-refractivity contribution in [3.05, 3.63) is 72.1 Å². The third-order valence-corrected chi connectivity index (χ3v) is 4.51. The Bertz CT molecular complexity index is 985. The van der Waals surface area contributed by atoms with Gasteiger partial charge in [0.05, 0.1) is 31.8 Å². The van der Waals surface area contributed by atoms with Gasteiger partial charge in [0, 0.05) is 11.8 Å². The van der Waals surface area contributed by atoms with Crippen molar-refractivity contribution in [2.75, 3.05) is 24.9 Å². The Morgan fingerprint density at radius 1 is 0.966 bits per heavy atom. The second-order valence-corrected chi connectivity index (χ2v) is 6.82. The molecule has 6 heteroatoms. The van der Waals surface area contributed by atoms with Crippen LogP contribution >= 0.6 is 0 Å². The molecule has 0 saturated heterocycles. The van der Waals surface area contributed by atoms with E-state index in [-0.39, 0.29) is 5.91 Å². The van der Waals surface area contributed by atoms with Crippen LogP contribution in [0, 0.1) is 0 Å². The highest BCUT2D eigenvalue weighted by Crippen LogP contribution is 2.31. The first-order chi connectivity index (χ1) is 14.0. The minimum atomic E-state index is -0.244. The lowest BCUT2D eigenvalue weighted by atomic mass is 10.0. The molecule has 0 aliphatic rings. The summed E-state index contributed by atoms with van der Waals surface area (Å²) in [7, 11) is 3.20. The summed E-state index contributed by atoms with van der Waals surface area (Å²) in [4.78, 5) is 16.9. The first-order valence-electron chi connectivity index (χ1n) is 9.37. The van der Waals surface area contributed by atoms with E-state index in [1.807, 2.05) is 36.4 Å². The SMILES string of the molecule is COc1ccc(Nc2ccc(C(=O)Nc3ccccc3C(C)C)nc2)c(OC)c1. The van der Waals surface area contributed by atoms with Gasteiger partial charge in [-0.15, -0.1) is 0 Å². The van der Waals surface area contributed by atoms with E-state index in [2.05, 4.69) is 29.5 Å². The van der Waals surface area contributed by atoms with Crippen LogP contribution in [0.4, 0.5) is 17.1 Å². The maximum absolute atomic E-state index is 12.6. The molecule has 29 heavy (non-hydrogen) atoms. The van der Waals surface area contributed by atoms with Crippen molar-refractivity contribution in [2.24, 2.45) is 0 Å². The molecule has 0 radical (unpaired) electrons. The predicted octanol–water partition coefficient (Wildman–Crippen LogP) is 5.22. The number of benzene rings is 2. The molecule has 6 nitrogen and oxygen atoms in total. The van der Waals surface area contributed by atoms with Crippen molar-refractivity contribution < 1.29 is 14.3 Å². The van der Waals surface area contributed by atoms with Crippen LogP contribution in [0.1, 0.15) is 35.8 Å². The van der Waals surface area contributed by atoms with Crippen LogP contribution in [0.2, 0.25) is 0 Å². The van der Waals surface area contributed by atoms with Gasteiger partial charge in [0.25, 0.3) is 5.91 Å². The average Bonchev–Trinajstić information content (AvgIpc) is 2.74. The van der Waals surface area contributed by atoms with Gasteiger partial charge in [-0.1, -0.05) is 32.0 Å². The second-order valence-electron chi connectivity index (χ2n) is 6.82. The third kappa shape index (κ3) is 4.85. The molecule has 0 aliphatic carbocycles. The summed E-state index contributed by atoms with van der Waals surface area (Å²) in [5, 5.41) is 6.19. The Labute approximate surface area is 170 Å². The first-order valence-corrected chi connectivity index (χ1v) is 9.37. The van der Waals surface area contributed by atoms with Gasteiger partial charge in [-0.25, -0.2) is 4.98 Å². The summed E-state index contributed by atoms with van der Waals surface area (Å²) in [5.41, 5.74) is 3.76. The number of nitrogens with one attached hydrogen (secondary N) is 2. The number of methoxy groups -OCH3 is 2. The van der Waals surface area contributed by atoms with Crippen molar-refractivity contribution in [3.8, 4) is 11.5 Å². The van der Waals surface area contributed by atoms with Gasteiger partial charge >= 0.3 is 0 Å². The fourth-order valence-electron chi connectivity index (χ4n) is 2.96. The van der Waals surface area contributed by atoms with Gasteiger partial charge in [-0.05, 0) is 41.8 Å². The van der Waals surface area contributed by atoms with Gasteiger partial charge in [-0.3, -0.25) is 4.79 Å². The topological polar surface area (TPSA) is 72.5 Å². The summed E-state index contributed by atoms with van der Waals surface area (Å²) in [6, 6.07) is 16.8. The second kappa shape index (κ2) is 9.10. The number of ether oxygens (including phenoxy) is 2. The molecule has 0 bridgehead atoms. The van der Waals surface area contributed by atoms with Crippen molar-refractivity contribution in [1.29, 1.82) is 0 Å². The zero-order chi connectivity index (χ0) is 20.8. The average molecular weight is 391 g/mol. The summed E-state index contributed by atoms with van der Waals surface area (Å²) in [6.45, 7) is 4.19. The summed E-state index contributed by atoms with van der Waals surface area (Å²) in [6.07, 6.45) is 1.62. The lowest BCUT2D eigenvalue weighted by Crippen LogP contribution is -2.15. The maximum atomic E-state index is 12.6. The molecule has 1 aromatic heterocycles. The molecule has 0 fully saturated rings. The standard InChI is InChI=1S/C23H25N3O3/c1-15(2)18-7-5-6-8-19(18)26-23(27)21-11-9-16(14-24-21)25-20-12-10-17(28-3)13-22(20)29-4/h5-15,25H,1-4H3,(H,26,27). The van der Waals surface area contributed by atoms with Crippen molar-refractivity contribution >= 4 is 23.0 Å². The molecule has 2 aromatic carbocycles. The third-order valence-electron chi connectivity index (χ3n) is 4.51. The number of pyridine rings is 1. The Kier molecular flexibility index (Phi) is 6.34. The number of anilines is 3. The first kappa shape index (κ1) is 20.2. The molecule has 0 atom stereocenters. The number of hydrogen-bond donors (Lipinski definition) is 2. The minimum Gasteiger partial charge on any atom is -0.497 e. The molecule has 2 N–H and O–H groups in total. The van der Waals surface area contributed by atoms with Crippen LogP contribution in [-0.4, -0.2) is 25.1 Å². The van der Waals surface area contributed by atoms with Crippen LogP contribution in [0.15, 0.2) is 60.8 Å². The molecule has 0 aliphatic heterocycles. The molecule has 0 saturated carbocycles. The van der Waals surface area contributed by atoms with Gasteiger partial charge in [-0.2, -0.15) is 0 Å². The number of aromatic nitrogens is 1. The minimum absolute atomic E-state index is 0.244. The van der Waals surface area contributed by atoms with Gasteiger partial charge in [0.15, 0.2) is 0 Å². The molecule has 3 aromatic rings. The van der Waals surface area contributed by atoms with Crippen molar-refractivity contribution in [2.45, 2.75) is 19.8 Å². The molecular weight excluding hydrogens is 366 g/mol. The van der Waals surface area contributed by atoms with Crippen LogP contribution in [0.5, 0.6) is 11.5 Å². The van der Waals surface area contributed by atoms with E-state index in [1.54, 1.807) is 38.6 Å². The molecular formula is C23H25N3O3. The molecule has 0 spiro atoms. The number of amides is 1. The van der Waals surface area contributed by atoms with Gasteiger partial charge in [0.1, 0.15) is 17.2 Å². The Hall–Kier alpha value is -3.54. The van der Waals surface area contributed by atoms with E-state index in [9.17, 15) is 4.79 Å². The monoisotopic (exact) mass is 391 g/mol. The largest absolute Gasteiger partial charge is 0.497 e. The number of para-hydroxylation sites is 1. The van der Waals surface area contributed by atoms with E-state index < -0.39 is 0 Å². The number of nitrogens with zero attached hydrogens (tertiary/aromatic N) is 1. The Morgan fingerprint density at radius 2 is 1.76 bits per heavy atom. The lowest BCUT2D eigenvalue weighted by Gasteiger charge is -2.14. The van der Waals surface area contributed by atoms with Crippen LogP contribution in [0.3, 0.4) is 0 Å². The summed E-state index contributed by atoms with van der Waals surface area (Å²) < 4.78 is 10.6. The fourth-order valence-corrected chi connectivity index (χ4v) is 2.96. The summed E-state index contributed by atoms with van der Waals surface area (Å²) >= 11 is 0. The Balaban J connectivity index is 1.73. The number of carbonyl (C=O) groups excluding carboxylic acids is 1. The van der Waals surface area contributed by atoms with E-state index in [0.29, 0.717) is 23.1 Å². The number of carbonyl (C=O) groups is 1. The predicted molar refractivity (Wildman–Crippen MR) is 116 cm³/mol. The zero-order valence-electron chi connectivity index (χ0n) is 17.0. The Morgan fingerprint density at radius 3 is 2.41 bits per heavy atom. The highest BCUT2D eigenvalue weighted by atomic mass is 16.5. The molecule has 1 heterocycles. The number of rotatable bonds is 7. The smallest absolute Gasteiger partial charge is 0.274 e. The van der Waals surface area contributed by atoms with Crippen LogP contribution in [-0.2, 0) is 0 Å². The highest BCUT2D eigenvalue weighted by Gasteiger charge is 2.12. The van der Waals surface area contributed by atoms with E-state index in [0.717, 1.165) is 22.6 Å². The van der Waals surface area contributed by atoms with Gasteiger partial charge < -0.3 is 20.1 Å². The van der Waals surface area contributed by atoms with Crippen LogP contribution < -0.4 is 20.1 Å². The van der Waals surface area contributed by atoms with E-state index in [4.69, 9.17) is 9.47 Å². The number of hydrogen-bond acceptors (Lipinski definition) is 5. The maximum Gasteiger partial charge on any atom is 0.274 e. The van der Waals surface area contributed by atoms with Crippen molar-refractivity contribution in [1.82, 2.24) is 4.98 Å². The molecule has 0 unspecified atom stereocenters. The summed E-state index contributed by atoms with van der Waals surface area (Å²) in [5.74, 6) is 1.42. The van der Waals surface area contributed by atoms with E-state index in [1.165, 1.54) is 0 Å². The quantitative estimate of drug-likeness (QED) is 0.578. The lowest BCUT2D eigenvalue weighted by molar-refractivity contribution is 0.102. The van der Waals surface area contributed by atoms with Gasteiger partial charge in [0.2, 0.25) is 0 Å². The van der Waals surface area contributed by atoms with Crippen LogP contribution in [0.25, 0.3) is 0 Å². The molecule has 1 amide bonds. The molecule has 150 valence electrons. The normalized spacial score (nSPS) is 10.5. The zero-order valence-corrected chi connectivity index (χ0v) is 17.0. The van der Waals surface area contributed by atoms with E-state index >= 15 is 0 Å². The molecule has 3 rings (SSSR count). The van der Waals surface area contributed by atoms with Crippen molar-refractivity contribution in [3.63, 3.8) is 0 Å².